The summed E-state index contributed by atoms with van der Waals surface area (Å²) in [7, 11) is 1.55. The Labute approximate surface area is 99.7 Å². The van der Waals surface area contributed by atoms with E-state index in [4.69, 9.17) is 9.47 Å². The first-order valence-corrected chi connectivity index (χ1v) is 5.25. The Morgan fingerprint density at radius 2 is 2.12 bits per heavy atom. The van der Waals surface area contributed by atoms with Gasteiger partial charge in [-0.25, -0.2) is 0 Å². The average Bonchev–Trinajstić information content (AvgIpc) is 2.36. The van der Waals surface area contributed by atoms with Crippen LogP contribution in [0.15, 0.2) is 24.3 Å². The van der Waals surface area contributed by atoms with Crippen LogP contribution < -0.4 is 10.1 Å². The number of rotatable bonds is 5. The predicted octanol–water partition coefficient (Wildman–Crippen LogP) is 1.59. The van der Waals surface area contributed by atoms with E-state index in [0.29, 0.717) is 11.4 Å². The molecule has 1 N–H and O–H groups in total. The van der Waals surface area contributed by atoms with Crippen molar-refractivity contribution < 1.29 is 19.1 Å². The first kappa shape index (κ1) is 13.0. The number of hydrogen-bond donors (Lipinski definition) is 1. The quantitative estimate of drug-likeness (QED) is 0.790. The van der Waals surface area contributed by atoms with Crippen LogP contribution in [0.25, 0.3) is 0 Å². The molecule has 1 aromatic rings. The van der Waals surface area contributed by atoms with Crippen molar-refractivity contribution in [1.82, 2.24) is 0 Å². The highest BCUT2D eigenvalue weighted by Crippen LogP contribution is 2.16. The third kappa shape index (κ3) is 4.55. The summed E-state index contributed by atoms with van der Waals surface area (Å²) in [6.45, 7) is 1.40. The van der Waals surface area contributed by atoms with Gasteiger partial charge in [0.15, 0.2) is 6.61 Å². The fourth-order valence-corrected chi connectivity index (χ4v) is 1.15. The molecule has 0 unspecified atom stereocenters. The maximum atomic E-state index is 11.4. The topological polar surface area (TPSA) is 64.6 Å². The number of ether oxygens (including phenoxy) is 2. The highest BCUT2D eigenvalue weighted by Gasteiger charge is 2.06. The predicted molar refractivity (Wildman–Crippen MR) is 62.9 cm³/mol. The van der Waals surface area contributed by atoms with E-state index in [9.17, 15) is 9.59 Å². The second kappa shape index (κ2) is 6.52. The summed E-state index contributed by atoms with van der Waals surface area (Å²) in [5.74, 6) is -0.126. The number of anilines is 1. The molecule has 0 radical (unpaired) electrons. The van der Waals surface area contributed by atoms with Crippen molar-refractivity contribution in [2.75, 3.05) is 19.0 Å². The number of hydrogen-bond acceptors (Lipinski definition) is 4. The maximum absolute atomic E-state index is 11.4. The van der Waals surface area contributed by atoms with Gasteiger partial charge in [-0.2, -0.15) is 0 Å². The Balaban J connectivity index is 2.47. The number of esters is 1. The van der Waals surface area contributed by atoms with E-state index in [-0.39, 0.29) is 18.9 Å². The van der Waals surface area contributed by atoms with Crippen LogP contribution in [-0.2, 0) is 14.3 Å². The van der Waals surface area contributed by atoms with E-state index >= 15 is 0 Å². The van der Waals surface area contributed by atoms with Crippen molar-refractivity contribution in [1.29, 1.82) is 0 Å². The molecule has 92 valence electrons. The number of carbonyl (C=O) groups excluding carboxylic acids is 2. The molecule has 0 aliphatic carbocycles. The summed E-state index contributed by atoms with van der Waals surface area (Å²) in [4.78, 5) is 22.3. The van der Waals surface area contributed by atoms with Gasteiger partial charge < -0.3 is 14.8 Å². The van der Waals surface area contributed by atoms with Gasteiger partial charge in [0.2, 0.25) is 0 Å². The van der Waals surface area contributed by atoms with Crippen molar-refractivity contribution >= 4 is 17.6 Å². The van der Waals surface area contributed by atoms with Gasteiger partial charge in [0.1, 0.15) is 5.75 Å². The molecule has 0 heterocycles. The van der Waals surface area contributed by atoms with E-state index < -0.39 is 5.97 Å². The number of carbonyl (C=O) groups is 2. The highest BCUT2D eigenvalue weighted by atomic mass is 16.5. The lowest BCUT2D eigenvalue weighted by atomic mass is 10.3. The molecule has 0 bridgehead atoms. The SMILES string of the molecule is CCC(=O)OCC(=O)Nc1cccc(OC)c1. The van der Waals surface area contributed by atoms with Gasteiger partial charge >= 0.3 is 5.97 Å². The molecule has 0 atom stereocenters. The van der Waals surface area contributed by atoms with Gasteiger partial charge in [-0.05, 0) is 12.1 Å². The normalized spacial score (nSPS) is 9.53. The fraction of sp³-hybridized carbons (Fsp3) is 0.333. The third-order valence-electron chi connectivity index (χ3n) is 2.01. The van der Waals surface area contributed by atoms with E-state index in [1.54, 1.807) is 38.3 Å². The smallest absolute Gasteiger partial charge is 0.306 e. The van der Waals surface area contributed by atoms with Crippen molar-refractivity contribution in [2.45, 2.75) is 13.3 Å². The van der Waals surface area contributed by atoms with Crippen LogP contribution in [0.2, 0.25) is 0 Å². The van der Waals surface area contributed by atoms with Gasteiger partial charge in [0.25, 0.3) is 5.91 Å². The highest BCUT2D eigenvalue weighted by molar-refractivity contribution is 5.92. The van der Waals surface area contributed by atoms with Crippen LogP contribution in [-0.4, -0.2) is 25.6 Å². The molecule has 0 saturated heterocycles. The Bertz CT molecular complexity index is 403. The molecule has 0 aliphatic rings. The second-order valence-corrected chi connectivity index (χ2v) is 3.29. The van der Waals surface area contributed by atoms with Gasteiger partial charge in [-0.15, -0.1) is 0 Å². The lowest BCUT2D eigenvalue weighted by Gasteiger charge is -2.07. The van der Waals surface area contributed by atoms with Crippen LogP contribution in [0.3, 0.4) is 0 Å². The van der Waals surface area contributed by atoms with Crippen LogP contribution in [0, 0.1) is 0 Å². The summed E-state index contributed by atoms with van der Waals surface area (Å²) in [5.41, 5.74) is 0.599. The van der Waals surface area contributed by atoms with Crippen LogP contribution in [0.4, 0.5) is 5.69 Å². The minimum atomic E-state index is -0.397. The molecule has 1 aromatic carbocycles. The van der Waals surface area contributed by atoms with Crippen LogP contribution in [0.1, 0.15) is 13.3 Å². The zero-order chi connectivity index (χ0) is 12.7. The first-order chi connectivity index (χ1) is 8.15. The zero-order valence-electron chi connectivity index (χ0n) is 9.86. The minimum Gasteiger partial charge on any atom is -0.497 e. The maximum Gasteiger partial charge on any atom is 0.306 e. The molecule has 5 nitrogen and oxygen atoms in total. The van der Waals surface area contributed by atoms with Crippen LogP contribution in [0.5, 0.6) is 5.75 Å². The number of benzene rings is 1. The van der Waals surface area contributed by atoms with Crippen molar-refractivity contribution in [2.24, 2.45) is 0 Å². The fourth-order valence-electron chi connectivity index (χ4n) is 1.15. The molecule has 0 saturated carbocycles. The van der Waals surface area contributed by atoms with E-state index in [0.717, 1.165) is 0 Å². The van der Waals surface area contributed by atoms with Crippen LogP contribution >= 0.6 is 0 Å². The second-order valence-electron chi connectivity index (χ2n) is 3.29. The molecule has 5 heteroatoms. The molecule has 0 aromatic heterocycles. The molecule has 0 fully saturated rings. The summed E-state index contributed by atoms with van der Waals surface area (Å²) in [5, 5.41) is 2.60. The monoisotopic (exact) mass is 237 g/mol. The van der Waals surface area contributed by atoms with Gasteiger partial charge in [-0.3, -0.25) is 9.59 Å². The van der Waals surface area contributed by atoms with Gasteiger partial charge in [0, 0.05) is 18.2 Å². The van der Waals surface area contributed by atoms with Gasteiger partial charge in [0.05, 0.1) is 7.11 Å². The summed E-state index contributed by atoms with van der Waals surface area (Å²) in [6.07, 6.45) is 0.256. The first-order valence-electron chi connectivity index (χ1n) is 5.25. The Morgan fingerprint density at radius 1 is 1.35 bits per heavy atom. The molecule has 17 heavy (non-hydrogen) atoms. The van der Waals surface area contributed by atoms with Crippen molar-refractivity contribution in [3.63, 3.8) is 0 Å². The molecule has 1 amide bonds. The standard InChI is InChI=1S/C12H15NO4/c1-3-12(15)17-8-11(14)13-9-5-4-6-10(7-9)16-2/h4-7H,3,8H2,1-2H3,(H,13,14). The van der Waals surface area contributed by atoms with Crippen molar-refractivity contribution in [3.8, 4) is 5.75 Å². The Kier molecular flexibility index (Phi) is 5.00. The third-order valence-corrected chi connectivity index (χ3v) is 2.01. The Hall–Kier alpha value is -2.04. The molecule has 0 spiro atoms. The number of nitrogens with one attached hydrogen (secondary N) is 1. The largest absolute Gasteiger partial charge is 0.497 e. The molecule has 0 aliphatic heterocycles. The number of amides is 1. The van der Waals surface area contributed by atoms with E-state index in [2.05, 4.69) is 5.32 Å². The Morgan fingerprint density at radius 3 is 2.76 bits per heavy atom. The van der Waals surface area contributed by atoms with E-state index in [1.165, 1.54) is 0 Å². The average molecular weight is 237 g/mol. The number of methoxy groups -OCH3 is 1. The lowest BCUT2D eigenvalue weighted by molar-refractivity contribution is -0.146. The summed E-state index contributed by atoms with van der Waals surface area (Å²) in [6, 6.07) is 6.93. The summed E-state index contributed by atoms with van der Waals surface area (Å²) >= 11 is 0. The van der Waals surface area contributed by atoms with E-state index in [1.807, 2.05) is 0 Å². The van der Waals surface area contributed by atoms with Crippen molar-refractivity contribution in [3.05, 3.63) is 24.3 Å². The lowest BCUT2D eigenvalue weighted by Crippen LogP contribution is -2.20. The minimum absolute atomic E-state index is 0.256. The molecular formula is C12H15NO4. The molecule has 1 rings (SSSR count). The zero-order valence-corrected chi connectivity index (χ0v) is 9.86. The van der Waals surface area contributed by atoms with Gasteiger partial charge in [-0.1, -0.05) is 13.0 Å². The molecular weight excluding hydrogens is 222 g/mol. The summed E-state index contributed by atoms with van der Waals surface area (Å²) < 4.78 is 9.71.